The van der Waals surface area contributed by atoms with Crippen molar-refractivity contribution in [3.8, 4) is 0 Å². The molecule has 3 atom stereocenters. The van der Waals surface area contributed by atoms with Crippen molar-refractivity contribution < 1.29 is 18.1 Å². The third-order valence-corrected chi connectivity index (χ3v) is 18.7. The van der Waals surface area contributed by atoms with Gasteiger partial charge in [0.25, 0.3) is 8.32 Å². The molecule has 0 amide bonds. The molecule has 0 aliphatic heterocycles. The van der Waals surface area contributed by atoms with Crippen LogP contribution in [0.1, 0.15) is 54.4 Å². The van der Waals surface area contributed by atoms with Gasteiger partial charge in [-0.15, -0.1) is 0 Å². The highest BCUT2D eigenvalue weighted by Gasteiger charge is 2.54. The minimum atomic E-state index is -2.77. The van der Waals surface area contributed by atoms with Crippen molar-refractivity contribution in [2.45, 2.75) is 116 Å². The molecule has 4 nitrogen and oxygen atoms in total. The SMILES string of the molecule is CC(C)(C)[Si](C)(C)O[C@H]1C[C@@H](O[Si](c2ccccc2)(c2ccccc2)C(C)(C)C)C[C@H](O[Si](C)(C)C)C1=O. The molecule has 0 bridgehead atoms. The number of ketones is 1. The van der Waals surface area contributed by atoms with Crippen LogP contribution in [0.25, 0.3) is 0 Å². The first-order valence-corrected chi connectivity index (χ1v) is 22.3. The van der Waals surface area contributed by atoms with Gasteiger partial charge in [-0.1, -0.05) is 102 Å². The highest BCUT2D eigenvalue weighted by atomic mass is 28.4. The van der Waals surface area contributed by atoms with Gasteiger partial charge in [0.2, 0.25) is 0 Å². The third kappa shape index (κ3) is 6.85. The van der Waals surface area contributed by atoms with Crippen LogP contribution in [-0.2, 0) is 18.1 Å². The van der Waals surface area contributed by atoms with Gasteiger partial charge in [-0.25, -0.2) is 0 Å². The molecule has 210 valence electrons. The van der Waals surface area contributed by atoms with Crippen molar-refractivity contribution >= 4 is 41.1 Å². The molecule has 0 aromatic heterocycles. The molecule has 0 unspecified atom stereocenters. The molecule has 2 aromatic rings. The Morgan fingerprint density at radius 1 is 0.632 bits per heavy atom. The summed E-state index contributed by atoms with van der Waals surface area (Å²) in [5.74, 6) is 0.0968. The largest absolute Gasteiger partial charge is 0.408 e. The molecule has 3 rings (SSSR count). The summed E-state index contributed by atoms with van der Waals surface area (Å²) in [6.07, 6.45) is 0.00421. The monoisotopic (exact) mass is 570 g/mol. The topological polar surface area (TPSA) is 44.8 Å². The zero-order chi connectivity index (χ0) is 28.6. The number of benzene rings is 2. The Labute approximate surface area is 234 Å². The van der Waals surface area contributed by atoms with Gasteiger partial charge in [0.15, 0.2) is 22.4 Å². The Morgan fingerprint density at radius 3 is 1.42 bits per heavy atom. The van der Waals surface area contributed by atoms with E-state index in [1.54, 1.807) is 0 Å². The quantitative estimate of drug-likeness (QED) is 0.324. The van der Waals surface area contributed by atoms with Crippen LogP contribution >= 0.6 is 0 Å². The van der Waals surface area contributed by atoms with Crippen molar-refractivity contribution in [1.82, 2.24) is 0 Å². The van der Waals surface area contributed by atoms with Gasteiger partial charge < -0.3 is 13.3 Å². The van der Waals surface area contributed by atoms with Crippen molar-refractivity contribution in [2.24, 2.45) is 0 Å². The van der Waals surface area contributed by atoms with E-state index in [1.807, 2.05) is 0 Å². The highest BCUT2D eigenvalue weighted by Crippen LogP contribution is 2.42. The summed E-state index contributed by atoms with van der Waals surface area (Å²) in [6.45, 7) is 24.5. The normalized spacial score (nSPS) is 22.0. The zero-order valence-corrected chi connectivity index (χ0v) is 28.6. The van der Waals surface area contributed by atoms with Gasteiger partial charge in [-0.05, 0) is 53.2 Å². The Kier molecular flexibility index (Phi) is 9.23. The van der Waals surface area contributed by atoms with Crippen LogP contribution in [0.2, 0.25) is 42.8 Å². The van der Waals surface area contributed by atoms with E-state index in [1.165, 1.54) is 10.4 Å². The van der Waals surface area contributed by atoms with E-state index in [0.29, 0.717) is 12.8 Å². The Morgan fingerprint density at radius 2 is 1.05 bits per heavy atom. The summed E-state index contributed by atoms with van der Waals surface area (Å²) >= 11 is 0. The van der Waals surface area contributed by atoms with Gasteiger partial charge >= 0.3 is 0 Å². The number of hydrogen-bond acceptors (Lipinski definition) is 4. The Bertz CT molecular complexity index is 1030. The lowest BCUT2D eigenvalue weighted by atomic mass is 9.91. The Hall–Kier alpha value is -1.36. The van der Waals surface area contributed by atoms with Crippen LogP contribution in [-0.4, -0.2) is 49.0 Å². The lowest BCUT2D eigenvalue weighted by Gasteiger charge is -2.48. The molecule has 0 N–H and O–H groups in total. The predicted octanol–water partition coefficient (Wildman–Crippen LogP) is 6.91. The van der Waals surface area contributed by atoms with E-state index in [0.717, 1.165) is 0 Å². The van der Waals surface area contributed by atoms with Gasteiger partial charge in [0, 0.05) is 12.8 Å². The van der Waals surface area contributed by atoms with Gasteiger partial charge in [0.1, 0.15) is 12.2 Å². The summed E-state index contributed by atoms with van der Waals surface area (Å²) in [5.41, 5.74) is 0. The summed E-state index contributed by atoms with van der Waals surface area (Å²) in [6, 6.07) is 21.5. The van der Waals surface area contributed by atoms with Crippen LogP contribution in [0.3, 0.4) is 0 Å². The molecule has 0 radical (unpaired) electrons. The van der Waals surface area contributed by atoms with E-state index in [9.17, 15) is 4.79 Å². The predicted molar refractivity (Wildman–Crippen MR) is 167 cm³/mol. The van der Waals surface area contributed by atoms with E-state index in [-0.39, 0.29) is 22.0 Å². The highest BCUT2D eigenvalue weighted by molar-refractivity contribution is 6.99. The van der Waals surface area contributed by atoms with Gasteiger partial charge in [0.05, 0.1) is 6.10 Å². The third-order valence-electron chi connectivity index (χ3n) is 8.09. The summed E-state index contributed by atoms with van der Waals surface area (Å²) < 4.78 is 20.8. The molecule has 0 heterocycles. The maximum atomic E-state index is 13.8. The van der Waals surface area contributed by atoms with Crippen LogP contribution in [0, 0.1) is 0 Å². The van der Waals surface area contributed by atoms with E-state index in [2.05, 4.69) is 135 Å². The number of carbonyl (C=O) groups is 1. The van der Waals surface area contributed by atoms with Crippen molar-refractivity contribution in [3.63, 3.8) is 0 Å². The fraction of sp³-hybridized carbons (Fsp3) is 0.581. The average molecular weight is 571 g/mol. The van der Waals surface area contributed by atoms with Crippen LogP contribution < -0.4 is 10.4 Å². The minimum Gasteiger partial charge on any atom is -0.408 e. The van der Waals surface area contributed by atoms with Gasteiger partial charge in [-0.3, -0.25) is 4.79 Å². The Balaban J connectivity index is 2.10. The number of Topliss-reactive ketones (excluding diaryl/α,β-unsaturated/α-hetero) is 1. The fourth-order valence-electron chi connectivity index (χ4n) is 5.22. The maximum absolute atomic E-state index is 13.8. The first-order valence-electron chi connectivity index (χ1n) is 14.1. The molecule has 0 saturated heterocycles. The van der Waals surface area contributed by atoms with Crippen molar-refractivity contribution in [2.75, 3.05) is 0 Å². The van der Waals surface area contributed by atoms with E-state index >= 15 is 0 Å². The molecule has 1 aliphatic rings. The molecule has 1 aliphatic carbocycles. The molecular formula is C31H50O4Si3. The summed E-state index contributed by atoms with van der Waals surface area (Å²) in [5, 5.41) is 2.37. The zero-order valence-electron chi connectivity index (χ0n) is 25.6. The number of carbonyl (C=O) groups excluding carboxylic acids is 1. The molecule has 1 saturated carbocycles. The molecule has 2 aromatic carbocycles. The maximum Gasteiger partial charge on any atom is 0.261 e. The first kappa shape index (κ1) is 31.2. The molecule has 38 heavy (non-hydrogen) atoms. The van der Waals surface area contributed by atoms with Crippen molar-refractivity contribution in [3.05, 3.63) is 60.7 Å². The van der Waals surface area contributed by atoms with E-state index < -0.39 is 37.2 Å². The van der Waals surface area contributed by atoms with E-state index in [4.69, 9.17) is 13.3 Å². The van der Waals surface area contributed by atoms with Gasteiger partial charge in [-0.2, -0.15) is 0 Å². The van der Waals surface area contributed by atoms with Crippen molar-refractivity contribution in [1.29, 1.82) is 0 Å². The second-order valence-corrected chi connectivity index (χ2v) is 27.8. The lowest BCUT2D eigenvalue weighted by molar-refractivity contribution is -0.141. The summed E-state index contributed by atoms with van der Waals surface area (Å²) in [7, 11) is -6.93. The minimum absolute atomic E-state index is 0.00814. The first-order chi connectivity index (χ1) is 17.4. The standard InChI is InChI=1S/C31H50O4Si3/c1-30(2,3)37(10,11)35-28-23-24(22-27(29(28)32)34-36(7,8)9)33-38(31(4,5)6,25-18-14-12-15-19-25)26-20-16-13-17-21-26/h12-21,24,27-28H,22-23H2,1-11H3/t24-,27-,28-/m0/s1. The molecule has 1 fully saturated rings. The van der Waals surface area contributed by atoms with Crippen LogP contribution in [0.4, 0.5) is 0 Å². The lowest BCUT2D eigenvalue weighted by Crippen LogP contribution is -2.68. The molecular weight excluding hydrogens is 521 g/mol. The molecule has 7 heteroatoms. The summed E-state index contributed by atoms with van der Waals surface area (Å²) in [4.78, 5) is 13.8. The fourth-order valence-corrected chi connectivity index (χ4v) is 12.3. The second-order valence-electron chi connectivity index (χ2n) is 14.4. The molecule has 0 spiro atoms. The van der Waals surface area contributed by atoms with Crippen LogP contribution in [0.5, 0.6) is 0 Å². The second kappa shape index (κ2) is 11.3. The number of rotatable bonds is 8. The smallest absolute Gasteiger partial charge is 0.261 e. The average Bonchev–Trinajstić information content (AvgIpc) is 2.79. The number of hydrogen-bond donors (Lipinski definition) is 0. The van der Waals surface area contributed by atoms with Crippen LogP contribution in [0.15, 0.2) is 60.7 Å².